The number of amides is 1. The normalized spacial score (nSPS) is 25.8. The topological polar surface area (TPSA) is 103 Å². The first kappa shape index (κ1) is 18.5. The molecule has 1 aromatic carbocycles. The average Bonchev–Trinajstić information content (AvgIpc) is 3.07. The Morgan fingerprint density at radius 3 is 2.81 bits per heavy atom. The highest BCUT2D eigenvalue weighted by atomic mass is 32.2. The lowest BCUT2D eigenvalue weighted by molar-refractivity contribution is -0.117. The summed E-state index contributed by atoms with van der Waals surface area (Å²) in [5.74, 6) is -0.295. The van der Waals surface area contributed by atoms with Crippen LogP contribution in [-0.4, -0.2) is 48.8 Å². The van der Waals surface area contributed by atoms with Crippen molar-refractivity contribution in [3.63, 3.8) is 0 Å². The van der Waals surface area contributed by atoms with Crippen LogP contribution in [0.25, 0.3) is 0 Å². The highest BCUT2D eigenvalue weighted by Crippen LogP contribution is 2.40. The Bertz CT molecular complexity index is 904. The number of para-hydroxylation sites is 1. The predicted molar refractivity (Wildman–Crippen MR) is 103 cm³/mol. The van der Waals surface area contributed by atoms with Gasteiger partial charge >= 0.3 is 0 Å². The summed E-state index contributed by atoms with van der Waals surface area (Å²) in [4.78, 5) is 18.1. The number of nitrogens with zero attached hydrogens (tertiary/aromatic N) is 3. The molecule has 0 aromatic heterocycles. The fourth-order valence-corrected chi connectivity index (χ4v) is 6.87. The largest absolute Gasteiger partial charge is 0.352 e. The van der Waals surface area contributed by atoms with Crippen LogP contribution in [0.2, 0.25) is 0 Å². The van der Waals surface area contributed by atoms with E-state index < -0.39 is 15.7 Å². The second kappa shape index (κ2) is 7.51. The monoisotopic (exact) mass is 390 g/mol. The van der Waals surface area contributed by atoms with Crippen LogP contribution in [0.1, 0.15) is 6.92 Å². The Labute approximate surface area is 156 Å². The van der Waals surface area contributed by atoms with E-state index in [9.17, 15) is 13.2 Å². The highest BCUT2D eigenvalue weighted by Gasteiger charge is 2.49. The van der Waals surface area contributed by atoms with E-state index in [4.69, 9.17) is 5.26 Å². The first-order chi connectivity index (χ1) is 12.4. The molecule has 2 atom stereocenters. The molecule has 136 valence electrons. The lowest BCUT2D eigenvalue weighted by Gasteiger charge is -2.24. The van der Waals surface area contributed by atoms with Crippen molar-refractivity contribution in [1.82, 2.24) is 5.32 Å². The molecule has 2 saturated heterocycles. The summed E-state index contributed by atoms with van der Waals surface area (Å²) < 4.78 is 24.0. The molecule has 2 aliphatic heterocycles. The number of thioether (sulfide) groups is 1. The number of amidine groups is 1. The highest BCUT2D eigenvalue weighted by molar-refractivity contribution is 8.16. The summed E-state index contributed by atoms with van der Waals surface area (Å²) in [5.41, 5.74) is 0.755. The number of benzene rings is 1. The fourth-order valence-electron chi connectivity index (χ4n) is 2.98. The maximum Gasteiger partial charge on any atom is 0.263 e. The quantitative estimate of drug-likeness (QED) is 0.614. The zero-order chi connectivity index (χ0) is 18.7. The number of likely N-dealkylation sites (N-methyl/N-ethyl adjacent to an activating group) is 1. The molecule has 2 heterocycles. The molecule has 0 aliphatic carbocycles. The van der Waals surface area contributed by atoms with Crippen molar-refractivity contribution in [2.75, 3.05) is 23.0 Å². The van der Waals surface area contributed by atoms with Gasteiger partial charge in [-0.05, 0) is 19.1 Å². The van der Waals surface area contributed by atoms with Crippen molar-refractivity contribution >= 4 is 38.4 Å². The average molecular weight is 390 g/mol. The minimum atomic E-state index is -3.08. The van der Waals surface area contributed by atoms with Crippen molar-refractivity contribution < 1.29 is 13.2 Å². The fraction of sp³-hybridized carbons (Fsp3) is 0.353. The number of nitriles is 1. The number of nitrogens with one attached hydrogen (secondary N) is 1. The van der Waals surface area contributed by atoms with Gasteiger partial charge in [-0.2, -0.15) is 5.26 Å². The van der Waals surface area contributed by atoms with Crippen LogP contribution in [0.15, 0.2) is 47.1 Å². The summed E-state index contributed by atoms with van der Waals surface area (Å²) >= 11 is 1.38. The maximum atomic E-state index is 12.0. The summed E-state index contributed by atoms with van der Waals surface area (Å²) in [5, 5.41) is 12.2. The van der Waals surface area contributed by atoms with Gasteiger partial charge in [0.25, 0.3) is 5.91 Å². The molecular formula is C17H18N4O3S2. The van der Waals surface area contributed by atoms with Gasteiger partial charge in [0.2, 0.25) is 0 Å². The molecule has 0 radical (unpaired) electrons. The van der Waals surface area contributed by atoms with Crippen LogP contribution in [-0.2, 0) is 14.6 Å². The SMILES string of the molecule is CCNC(=O)C(C#N)=CN=C1SC2CS(=O)(=O)CC2N1c1ccccc1. The molecule has 1 N–H and O–H groups in total. The number of carbonyl (C=O) groups excluding carboxylic acids is 1. The second-order valence-electron chi connectivity index (χ2n) is 5.93. The van der Waals surface area contributed by atoms with Gasteiger partial charge in [-0.3, -0.25) is 4.79 Å². The first-order valence-electron chi connectivity index (χ1n) is 8.13. The Balaban J connectivity index is 1.96. The Hall–Kier alpha value is -2.31. The van der Waals surface area contributed by atoms with E-state index in [1.807, 2.05) is 41.3 Å². The third-order valence-corrected chi connectivity index (χ3v) is 7.33. The van der Waals surface area contributed by atoms with E-state index in [-0.39, 0.29) is 28.4 Å². The number of carbonyl (C=O) groups is 1. The van der Waals surface area contributed by atoms with Crippen LogP contribution >= 0.6 is 11.8 Å². The molecule has 3 rings (SSSR count). The Morgan fingerprint density at radius 2 is 2.15 bits per heavy atom. The molecule has 1 amide bonds. The van der Waals surface area contributed by atoms with Gasteiger partial charge in [0.1, 0.15) is 11.6 Å². The number of hydrogen-bond donors (Lipinski definition) is 1. The first-order valence-corrected chi connectivity index (χ1v) is 10.8. The predicted octanol–water partition coefficient (Wildman–Crippen LogP) is 1.30. The van der Waals surface area contributed by atoms with Crippen molar-refractivity contribution in [3.8, 4) is 6.07 Å². The van der Waals surface area contributed by atoms with Gasteiger partial charge in [0.05, 0.1) is 23.7 Å². The minimum absolute atomic E-state index is 0.0731. The Kier molecular flexibility index (Phi) is 5.34. The van der Waals surface area contributed by atoms with E-state index in [0.717, 1.165) is 5.69 Å². The van der Waals surface area contributed by atoms with E-state index in [1.165, 1.54) is 18.0 Å². The molecule has 9 heteroatoms. The molecule has 0 bridgehead atoms. The standard InChI is InChI=1S/C17H18N4O3S2/c1-2-19-16(22)12(8-18)9-20-17-21(13-6-4-3-5-7-13)14-10-26(23,24)11-15(14)25-17/h3-7,9,14-15H,2,10-11H2,1H3,(H,19,22). The van der Waals surface area contributed by atoms with Gasteiger partial charge in [-0.15, -0.1) is 0 Å². The van der Waals surface area contributed by atoms with Crippen LogP contribution < -0.4 is 10.2 Å². The zero-order valence-corrected chi connectivity index (χ0v) is 15.8. The third kappa shape index (κ3) is 3.76. The van der Waals surface area contributed by atoms with Crippen LogP contribution in [0, 0.1) is 11.3 Å². The lowest BCUT2D eigenvalue weighted by Crippen LogP contribution is -2.37. The molecule has 7 nitrogen and oxygen atoms in total. The summed E-state index contributed by atoms with van der Waals surface area (Å²) in [7, 11) is -3.08. The van der Waals surface area contributed by atoms with E-state index in [0.29, 0.717) is 11.7 Å². The minimum Gasteiger partial charge on any atom is -0.352 e. The van der Waals surface area contributed by atoms with Crippen molar-refractivity contribution in [3.05, 3.63) is 42.1 Å². The number of sulfone groups is 1. The molecular weight excluding hydrogens is 372 g/mol. The number of rotatable bonds is 4. The molecule has 0 saturated carbocycles. The second-order valence-corrected chi connectivity index (χ2v) is 9.29. The molecule has 2 fully saturated rings. The smallest absolute Gasteiger partial charge is 0.263 e. The zero-order valence-electron chi connectivity index (χ0n) is 14.1. The third-order valence-electron chi connectivity index (χ3n) is 4.11. The molecule has 1 aromatic rings. The summed E-state index contributed by atoms with van der Waals surface area (Å²) in [6, 6.07) is 11.1. The van der Waals surface area contributed by atoms with Gasteiger partial charge in [-0.1, -0.05) is 30.0 Å². The van der Waals surface area contributed by atoms with Gasteiger partial charge in [0.15, 0.2) is 15.0 Å². The van der Waals surface area contributed by atoms with Gasteiger partial charge < -0.3 is 10.2 Å². The number of aliphatic imine (C=N–C) groups is 1. The van der Waals surface area contributed by atoms with E-state index in [2.05, 4.69) is 10.3 Å². The van der Waals surface area contributed by atoms with Crippen molar-refractivity contribution in [2.24, 2.45) is 4.99 Å². The van der Waals surface area contributed by atoms with Crippen LogP contribution in [0.5, 0.6) is 0 Å². The van der Waals surface area contributed by atoms with Crippen molar-refractivity contribution in [2.45, 2.75) is 18.2 Å². The van der Waals surface area contributed by atoms with Crippen LogP contribution in [0.3, 0.4) is 0 Å². The molecule has 26 heavy (non-hydrogen) atoms. The molecule has 0 spiro atoms. The summed E-state index contributed by atoms with van der Waals surface area (Å²) in [6.45, 7) is 2.19. The maximum absolute atomic E-state index is 12.0. The molecule has 2 aliphatic rings. The Morgan fingerprint density at radius 1 is 1.42 bits per heavy atom. The van der Waals surface area contributed by atoms with Gasteiger partial charge in [-0.25, -0.2) is 13.4 Å². The number of fused-ring (bicyclic) bond motifs is 1. The van der Waals surface area contributed by atoms with Crippen LogP contribution in [0.4, 0.5) is 5.69 Å². The van der Waals surface area contributed by atoms with E-state index in [1.54, 1.807) is 6.92 Å². The van der Waals surface area contributed by atoms with Gasteiger partial charge in [0, 0.05) is 17.5 Å². The van der Waals surface area contributed by atoms with Crippen molar-refractivity contribution in [1.29, 1.82) is 5.26 Å². The lowest BCUT2D eigenvalue weighted by atomic mass is 10.2. The summed E-state index contributed by atoms with van der Waals surface area (Å²) in [6.07, 6.45) is 1.25. The molecule has 2 unspecified atom stereocenters. The van der Waals surface area contributed by atoms with E-state index >= 15 is 0 Å². The number of hydrogen-bond acceptors (Lipinski definition) is 6. The number of anilines is 1.